The number of hydrogen-bond donors (Lipinski definition) is 1. The van der Waals surface area contributed by atoms with E-state index in [0.717, 1.165) is 39.5 Å². The van der Waals surface area contributed by atoms with Crippen molar-refractivity contribution in [2.45, 2.75) is 18.4 Å². The van der Waals surface area contributed by atoms with Crippen molar-refractivity contribution in [3.63, 3.8) is 0 Å². The van der Waals surface area contributed by atoms with Crippen LogP contribution in [0, 0.1) is 0 Å². The largest absolute Gasteiger partial charge is 0.456 e. The number of ether oxygens (including phenoxy) is 1. The van der Waals surface area contributed by atoms with Crippen LogP contribution in [0.1, 0.15) is 12.5 Å². The Balaban J connectivity index is 2.28. The molecule has 0 heterocycles. The summed E-state index contributed by atoms with van der Waals surface area (Å²) in [5, 5.41) is 3.34. The van der Waals surface area contributed by atoms with Crippen molar-refractivity contribution in [2.75, 3.05) is 12.8 Å². The minimum absolute atomic E-state index is 0.798. The molecule has 0 aromatic heterocycles. The Kier molecular flexibility index (Phi) is 5.95. The number of nitrogens with one attached hydrogen (secondary N) is 1. The molecule has 4 heteroatoms. The maximum Gasteiger partial charge on any atom is 0.140 e. The van der Waals surface area contributed by atoms with Crippen molar-refractivity contribution in [1.82, 2.24) is 5.32 Å². The zero-order valence-electron chi connectivity index (χ0n) is 11.7. The number of thioether (sulfide) groups is 1. The molecular weight excluding hydrogens is 334 g/mol. The molecule has 2 aromatic rings. The van der Waals surface area contributed by atoms with Crippen molar-refractivity contribution in [1.29, 1.82) is 0 Å². The molecule has 0 aliphatic rings. The highest BCUT2D eigenvalue weighted by Gasteiger charge is 2.08. The zero-order valence-corrected chi connectivity index (χ0v) is 14.1. The maximum atomic E-state index is 6.10. The minimum Gasteiger partial charge on any atom is -0.456 e. The molecule has 2 nitrogen and oxygen atoms in total. The van der Waals surface area contributed by atoms with Gasteiger partial charge >= 0.3 is 0 Å². The third-order valence-corrected chi connectivity index (χ3v) is 4.15. The first-order chi connectivity index (χ1) is 9.74. The van der Waals surface area contributed by atoms with Gasteiger partial charge in [0.25, 0.3) is 0 Å². The Morgan fingerprint density at radius 2 is 1.95 bits per heavy atom. The smallest absolute Gasteiger partial charge is 0.140 e. The van der Waals surface area contributed by atoms with Crippen LogP contribution in [-0.2, 0) is 6.54 Å². The molecule has 0 radical (unpaired) electrons. The van der Waals surface area contributed by atoms with Crippen LogP contribution in [0.4, 0.5) is 0 Å². The first kappa shape index (κ1) is 15.4. The van der Waals surface area contributed by atoms with Crippen molar-refractivity contribution in [3.8, 4) is 11.5 Å². The molecule has 0 saturated heterocycles. The topological polar surface area (TPSA) is 21.3 Å². The van der Waals surface area contributed by atoms with Gasteiger partial charge in [0.1, 0.15) is 11.5 Å². The lowest BCUT2D eigenvalue weighted by molar-refractivity contribution is 0.462. The van der Waals surface area contributed by atoms with E-state index >= 15 is 0 Å². The quantitative estimate of drug-likeness (QED) is 0.733. The van der Waals surface area contributed by atoms with Crippen molar-refractivity contribution < 1.29 is 4.74 Å². The van der Waals surface area contributed by atoms with Gasteiger partial charge in [-0.3, -0.25) is 0 Å². The molecule has 2 rings (SSSR count). The van der Waals surface area contributed by atoms with Gasteiger partial charge in [-0.1, -0.05) is 35.0 Å². The Hall–Kier alpha value is -0.970. The van der Waals surface area contributed by atoms with Crippen LogP contribution in [-0.4, -0.2) is 12.8 Å². The van der Waals surface area contributed by atoms with Gasteiger partial charge in [-0.2, -0.15) is 0 Å². The SMILES string of the molecule is CCNCc1cc(Br)ccc1Oc1ccccc1SC. The molecule has 0 amide bonds. The maximum absolute atomic E-state index is 6.10. The summed E-state index contributed by atoms with van der Waals surface area (Å²) >= 11 is 5.21. The van der Waals surface area contributed by atoms with Crippen LogP contribution in [0.15, 0.2) is 51.8 Å². The van der Waals surface area contributed by atoms with Crippen LogP contribution in [0.25, 0.3) is 0 Å². The predicted molar refractivity (Wildman–Crippen MR) is 89.8 cm³/mol. The number of halogens is 1. The first-order valence-corrected chi connectivity index (χ1v) is 8.56. The number of rotatable bonds is 6. The second kappa shape index (κ2) is 7.72. The fourth-order valence-corrected chi connectivity index (χ4v) is 2.80. The summed E-state index contributed by atoms with van der Waals surface area (Å²) in [6, 6.07) is 14.2. The lowest BCUT2D eigenvalue weighted by Crippen LogP contribution is -2.12. The first-order valence-electron chi connectivity index (χ1n) is 6.54. The van der Waals surface area contributed by atoms with Gasteiger partial charge in [0.15, 0.2) is 0 Å². The van der Waals surface area contributed by atoms with E-state index in [-0.39, 0.29) is 0 Å². The highest BCUT2D eigenvalue weighted by molar-refractivity contribution is 9.10. The second-order valence-corrected chi connectivity index (χ2v) is 6.05. The van der Waals surface area contributed by atoms with Gasteiger partial charge in [-0.05, 0) is 43.1 Å². The van der Waals surface area contributed by atoms with E-state index in [1.54, 1.807) is 11.8 Å². The molecule has 0 spiro atoms. The Bertz CT molecular complexity index is 574. The summed E-state index contributed by atoms with van der Waals surface area (Å²) in [6.07, 6.45) is 2.06. The van der Waals surface area contributed by atoms with Gasteiger partial charge in [0, 0.05) is 21.5 Å². The molecule has 20 heavy (non-hydrogen) atoms. The fraction of sp³-hybridized carbons (Fsp3) is 0.250. The van der Waals surface area contributed by atoms with Crippen molar-refractivity contribution >= 4 is 27.7 Å². The molecule has 1 N–H and O–H groups in total. The van der Waals surface area contributed by atoms with E-state index in [1.807, 2.05) is 30.3 Å². The third kappa shape index (κ3) is 4.01. The third-order valence-electron chi connectivity index (χ3n) is 2.88. The zero-order chi connectivity index (χ0) is 14.4. The molecule has 0 saturated carbocycles. The van der Waals surface area contributed by atoms with Crippen molar-refractivity contribution in [2.24, 2.45) is 0 Å². The van der Waals surface area contributed by atoms with E-state index in [1.165, 1.54) is 0 Å². The average Bonchev–Trinajstić information content (AvgIpc) is 2.48. The number of para-hydroxylation sites is 1. The van der Waals surface area contributed by atoms with Crippen molar-refractivity contribution in [3.05, 3.63) is 52.5 Å². The van der Waals surface area contributed by atoms with E-state index < -0.39 is 0 Å². The van der Waals surface area contributed by atoms with Crippen LogP contribution < -0.4 is 10.1 Å². The van der Waals surface area contributed by atoms with Gasteiger partial charge in [0.2, 0.25) is 0 Å². The van der Waals surface area contributed by atoms with E-state index in [9.17, 15) is 0 Å². The summed E-state index contributed by atoms with van der Waals surface area (Å²) in [4.78, 5) is 1.14. The molecule has 2 aromatic carbocycles. The Morgan fingerprint density at radius 1 is 1.15 bits per heavy atom. The molecule has 106 valence electrons. The summed E-state index contributed by atoms with van der Waals surface area (Å²) in [7, 11) is 0. The molecule has 0 aliphatic carbocycles. The molecule has 0 aliphatic heterocycles. The second-order valence-electron chi connectivity index (χ2n) is 4.29. The standard InChI is InChI=1S/C16H18BrNOS/c1-3-18-11-12-10-13(17)8-9-14(12)19-15-6-4-5-7-16(15)20-2/h4-10,18H,3,11H2,1-2H3. The van der Waals surface area contributed by atoms with Crippen LogP contribution >= 0.6 is 27.7 Å². The van der Waals surface area contributed by atoms with Gasteiger partial charge in [-0.25, -0.2) is 0 Å². The fourth-order valence-electron chi connectivity index (χ4n) is 1.87. The Labute approximate surface area is 133 Å². The summed E-state index contributed by atoms with van der Waals surface area (Å²) in [5.41, 5.74) is 1.15. The van der Waals surface area contributed by atoms with Crippen LogP contribution in [0.5, 0.6) is 11.5 Å². The minimum atomic E-state index is 0.798. The molecular formula is C16H18BrNOS. The predicted octanol–water partition coefficient (Wildman–Crippen LogP) is 5.07. The van der Waals surface area contributed by atoms with Gasteiger partial charge in [0.05, 0.1) is 0 Å². The lowest BCUT2D eigenvalue weighted by Gasteiger charge is -2.14. The van der Waals surface area contributed by atoms with E-state index in [2.05, 4.69) is 46.6 Å². The van der Waals surface area contributed by atoms with Gasteiger partial charge in [-0.15, -0.1) is 11.8 Å². The van der Waals surface area contributed by atoms with E-state index in [0.29, 0.717) is 0 Å². The molecule has 0 atom stereocenters. The molecule has 0 unspecified atom stereocenters. The highest BCUT2D eigenvalue weighted by atomic mass is 79.9. The Morgan fingerprint density at radius 3 is 2.70 bits per heavy atom. The summed E-state index contributed by atoms with van der Waals surface area (Å²) in [6.45, 7) is 3.83. The van der Waals surface area contributed by atoms with Gasteiger partial charge < -0.3 is 10.1 Å². The molecule has 0 bridgehead atoms. The molecule has 0 fully saturated rings. The lowest BCUT2D eigenvalue weighted by atomic mass is 10.2. The highest BCUT2D eigenvalue weighted by Crippen LogP contribution is 2.33. The summed E-state index contributed by atoms with van der Waals surface area (Å²) < 4.78 is 7.17. The number of benzene rings is 2. The van der Waals surface area contributed by atoms with Crippen LogP contribution in [0.3, 0.4) is 0 Å². The number of hydrogen-bond acceptors (Lipinski definition) is 3. The van der Waals surface area contributed by atoms with Crippen LogP contribution in [0.2, 0.25) is 0 Å². The monoisotopic (exact) mass is 351 g/mol. The average molecular weight is 352 g/mol. The summed E-state index contributed by atoms with van der Waals surface area (Å²) in [5.74, 6) is 1.80. The van der Waals surface area contributed by atoms with E-state index in [4.69, 9.17) is 4.74 Å². The normalized spacial score (nSPS) is 10.6.